The van der Waals surface area contributed by atoms with Crippen LogP contribution in [0.1, 0.15) is 27.7 Å². The van der Waals surface area contributed by atoms with E-state index in [0.717, 1.165) is 6.26 Å². The van der Waals surface area contributed by atoms with Crippen LogP contribution in [-0.4, -0.2) is 40.3 Å². The number of nitrogens with zero attached hydrogens (tertiary/aromatic N) is 1. The highest BCUT2D eigenvalue weighted by atomic mass is 32.2. The van der Waals surface area contributed by atoms with Gasteiger partial charge in [0.25, 0.3) is 0 Å². The van der Waals surface area contributed by atoms with Crippen LogP contribution in [0, 0.1) is 5.41 Å². The van der Waals surface area contributed by atoms with Gasteiger partial charge < -0.3 is 10.1 Å². The van der Waals surface area contributed by atoms with Gasteiger partial charge in [0.15, 0.2) is 0 Å². The molecular formula is C16H26N2O4S. The highest BCUT2D eigenvalue weighted by Gasteiger charge is 2.22. The van der Waals surface area contributed by atoms with Crippen molar-refractivity contribution in [2.24, 2.45) is 5.41 Å². The second kappa shape index (κ2) is 7.68. The molecule has 0 aromatic heterocycles. The zero-order chi connectivity index (χ0) is 17.7. The lowest BCUT2D eigenvalue weighted by molar-refractivity contribution is -0.128. The number of nitrogens with one attached hydrogen (secondary N) is 1. The zero-order valence-electron chi connectivity index (χ0n) is 14.4. The number of sulfonamides is 1. The molecule has 0 saturated heterocycles. The molecule has 130 valence electrons. The third kappa shape index (κ3) is 6.09. The van der Waals surface area contributed by atoms with Crippen LogP contribution >= 0.6 is 0 Å². The van der Waals surface area contributed by atoms with Crippen LogP contribution in [0.5, 0.6) is 5.75 Å². The summed E-state index contributed by atoms with van der Waals surface area (Å²) < 4.78 is 30.6. The smallest absolute Gasteiger partial charge is 0.232 e. The van der Waals surface area contributed by atoms with E-state index in [0.29, 0.717) is 18.0 Å². The Bertz CT molecular complexity index is 618. The van der Waals surface area contributed by atoms with E-state index in [-0.39, 0.29) is 19.0 Å². The summed E-state index contributed by atoms with van der Waals surface area (Å²) in [6.45, 7) is 8.28. The summed E-state index contributed by atoms with van der Waals surface area (Å²) in [5.41, 5.74) is 0.0377. The van der Waals surface area contributed by atoms with E-state index >= 15 is 0 Å². The van der Waals surface area contributed by atoms with E-state index in [9.17, 15) is 13.2 Å². The molecule has 0 aliphatic rings. The van der Waals surface area contributed by atoms with Gasteiger partial charge in [-0.05, 0) is 31.2 Å². The third-order valence-electron chi connectivity index (χ3n) is 3.12. The molecule has 0 radical (unpaired) electrons. The first-order valence-electron chi connectivity index (χ1n) is 7.54. The largest absolute Gasteiger partial charge is 0.494 e. The number of ether oxygens (including phenoxy) is 1. The van der Waals surface area contributed by atoms with Crippen molar-refractivity contribution in [1.82, 2.24) is 5.32 Å². The minimum Gasteiger partial charge on any atom is -0.494 e. The number of carbonyl (C=O) groups is 1. The Morgan fingerprint density at radius 3 is 2.22 bits per heavy atom. The van der Waals surface area contributed by atoms with Crippen molar-refractivity contribution >= 4 is 21.6 Å². The molecule has 1 N–H and O–H groups in total. The van der Waals surface area contributed by atoms with Crippen LogP contribution in [0.2, 0.25) is 0 Å². The van der Waals surface area contributed by atoms with E-state index in [1.165, 1.54) is 4.31 Å². The minimum atomic E-state index is -3.44. The fourth-order valence-electron chi connectivity index (χ4n) is 1.90. The molecule has 7 heteroatoms. The van der Waals surface area contributed by atoms with Gasteiger partial charge in [-0.25, -0.2) is 8.42 Å². The quantitative estimate of drug-likeness (QED) is 0.822. The van der Waals surface area contributed by atoms with E-state index in [1.807, 2.05) is 27.7 Å². The zero-order valence-corrected chi connectivity index (χ0v) is 15.2. The summed E-state index contributed by atoms with van der Waals surface area (Å²) in [7, 11) is -3.44. The molecule has 0 atom stereocenters. The molecule has 0 heterocycles. The number of amides is 1. The fourth-order valence-corrected chi connectivity index (χ4v) is 2.83. The van der Waals surface area contributed by atoms with Crippen molar-refractivity contribution in [3.05, 3.63) is 24.3 Å². The Morgan fingerprint density at radius 1 is 1.22 bits per heavy atom. The topological polar surface area (TPSA) is 75.7 Å². The summed E-state index contributed by atoms with van der Waals surface area (Å²) in [5.74, 6) is 0.573. The van der Waals surface area contributed by atoms with Crippen molar-refractivity contribution in [2.45, 2.75) is 27.7 Å². The Kier molecular flexibility index (Phi) is 6.44. The SMILES string of the molecule is CCOc1ccc(N(CCNC(=O)C(C)(C)C)S(C)(=O)=O)cc1. The van der Waals surface area contributed by atoms with Crippen LogP contribution < -0.4 is 14.4 Å². The number of hydrogen-bond donors (Lipinski definition) is 1. The standard InChI is InChI=1S/C16H26N2O4S/c1-6-22-14-9-7-13(8-10-14)18(23(5,20)21)12-11-17-15(19)16(2,3)4/h7-10H,6,11-12H2,1-5H3,(H,17,19). The number of carbonyl (C=O) groups excluding carboxylic acids is 1. The number of rotatable bonds is 7. The summed E-state index contributed by atoms with van der Waals surface area (Å²) in [6, 6.07) is 6.84. The van der Waals surface area contributed by atoms with Crippen molar-refractivity contribution < 1.29 is 17.9 Å². The molecule has 0 aliphatic carbocycles. The van der Waals surface area contributed by atoms with Gasteiger partial charge in [-0.1, -0.05) is 20.8 Å². The van der Waals surface area contributed by atoms with Crippen LogP contribution in [-0.2, 0) is 14.8 Å². The predicted octanol–water partition coefficient (Wildman–Crippen LogP) is 2.01. The van der Waals surface area contributed by atoms with Crippen molar-refractivity contribution in [3.8, 4) is 5.75 Å². The lowest BCUT2D eigenvalue weighted by Gasteiger charge is -2.24. The van der Waals surface area contributed by atoms with Crippen molar-refractivity contribution in [3.63, 3.8) is 0 Å². The molecule has 1 aromatic carbocycles. The maximum absolute atomic E-state index is 12.0. The fraction of sp³-hybridized carbons (Fsp3) is 0.562. The lowest BCUT2D eigenvalue weighted by atomic mass is 9.96. The Morgan fingerprint density at radius 2 is 1.78 bits per heavy atom. The molecular weight excluding hydrogens is 316 g/mol. The normalized spacial score (nSPS) is 11.9. The highest BCUT2D eigenvalue weighted by Crippen LogP contribution is 2.21. The first-order valence-corrected chi connectivity index (χ1v) is 9.39. The molecule has 0 bridgehead atoms. The minimum absolute atomic E-state index is 0.113. The average molecular weight is 342 g/mol. The van der Waals surface area contributed by atoms with Crippen molar-refractivity contribution in [2.75, 3.05) is 30.3 Å². The molecule has 0 unspecified atom stereocenters. The summed E-state index contributed by atoms with van der Waals surface area (Å²) >= 11 is 0. The Hall–Kier alpha value is -1.76. The molecule has 0 saturated carbocycles. The molecule has 6 nitrogen and oxygen atoms in total. The maximum atomic E-state index is 12.0. The van der Waals surface area contributed by atoms with E-state index in [2.05, 4.69) is 5.32 Å². The van der Waals surface area contributed by atoms with E-state index in [1.54, 1.807) is 24.3 Å². The average Bonchev–Trinajstić information content (AvgIpc) is 2.42. The van der Waals surface area contributed by atoms with Gasteiger partial charge in [0, 0.05) is 12.0 Å². The van der Waals surface area contributed by atoms with Gasteiger partial charge in [0.1, 0.15) is 5.75 Å². The van der Waals surface area contributed by atoms with Gasteiger partial charge >= 0.3 is 0 Å². The van der Waals surface area contributed by atoms with Gasteiger partial charge in [-0.3, -0.25) is 9.10 Å². The number of benzene rings is 1. The monoisotopic (exact) mass is 342 g/mol. The molecule has 0 aliphatic heterocycles. The van der Waals surface area contributed by atoms with Crippen LogP contribution in [0.4, 0.5) is 5.69 Å². The van der Waals surface area contributed by atoms with Gasteiger partial charge in [-0.2, -0.15) is 0 Å². The van der Waals surface area contributed by atoms with Gasteiger partial charge in [0.05, 0.1) is 25.1 Å². The predicted molar refractivity (Wildman–Crippen MR) is 92.3 cm³/mol. The lowest BCUT2D eigenvalue weighted by Crippen LogP contribution is -2.41. The van der Waals surface area contributed by atoms with Crippen molar-refractivity contribution in [1.29, 1.82) is 0 Å². The van der Waals surface area contributed by atoms with Gasteiger partial charge in [-0.15, -0.1) is 0 Å². The van der Waals surface area contributed by atoms with Gasteiger partial charge in [0.2, 0.25) is 15.9 Å². The maximum Gasteiger partial charge on any atom is 0.232 e. The second-order valence-corrected chi connectivity index (χ2v) is 8.17. The van der Waals surface area contributed by atoms with E-state index < -0.39 is 15.4 Å². The van der Waals surface area contributed by atoms with Crippen LogP contribution in [0.15, 0.2) is 24.3 Å². The molecule has 0 fully saturated rings. The Labute approximate surface area is 138 Å². The molecule has 1 aromatic rings. The van der Waals surface area contributed by atoms with Crippen LogP contribution in [0.25, 0.3) is 0 Å². The molecule has 1 amide bonds. The highest BCUT2D eigenvalue weighted by molar-refractivity contribution is 7.92. The Balaban J connectivity index is 2.80. The molecule has 1 rings (SSSR count). The first-order chi connectivity index (χ1) is 10.6. The number of anilines is 1. The van der Waals surface area contributed by atoms with Crippen LogP contribution in [0.3, 0.4) is 0 Å². The summed E-state index contributed by atoms with van der Waals surface area (Å²) in [5, 5.41) is 2.76. The first kappa shape index (κ1) is 19.3. The van der Waals surface area contributed by atoms with E-state index in [4.69, 9.17) is 4.74 Å². The molecule has 0 spiro atoms. The third-order valence-corrected chi connectivity index (χ3v) is 4.31. The summed E-state index contributed by atoms with van der Waals surface area (Å²) in [6.07, 6.45) is 1.15. The second-order valence-electron chi connectivity index (χ2n) is 6.27. The number of hydrogen-bond acceptors (Lipinski definition) is 4. The summed E-state index contributed by atoms with van der Waals surface area (Å²) in [4.78, 5) is 11.9. The molecule has 23 heavy (non-hydrogen) atoms.